The van der Waals surface area contributed by atoms with Crippen molar-refractivity contribution in [2.24, 2.45) is 10.9 Å². The second-order valence-corrected chi connectivity index (χ2v) is 9.01. The average Bonchev–Trinajstić information content (AvgIpc) is 3.07. The molecule has 0 radical (unpaired) electrons. The van der Waals surface area contributed by atoms with Gasteiger partial charge in [-0.25, -0.2) is 13.6 Å². The Balaban J connectivity index is 0.000000360. The maximum absolute atomic E-state index is 11.5. The molecule has 8 nitrogen and oxygen atoms in total. The van der Waals surface area contributed by atoms with Gasteiger partial charge in [0.25, 0.3) is 0 Å². The summed E-state index contributed by atoms with van der Waals surface area (Å²) in [5.41, 5.74) is 7.89. The molecule has 1 amide bonds. The summed E-state index contributed by atoms with van der Waals surface area (Å²) in [6, 6.07) is 8.76. The average molecular weight is 494 g/mol. The van der Waals surface area contributed by atoms with Crippen molar-refractivity contribution in [2.75, 3.05) is 13.1 Å². The number of hydrogen-bond donors (Lipinski definition) is 3. The molecule has 0 fully saturated rings. The van der Waals surface area contributed by atoms with Crippen LogP contribution in [0.15, 0.2) is 35.2 Å². The minimum absolute atomic E-state index is 0.0513. The molecule has 5 N–H and O–H groups in total. The quantitative estimate of drug-likeness (QED) is 0.549. The Morgan fingerprint density at radius 1 is 1.22 bits per heavy atom. The summed E-state index contributed by atoms with van der Waals surface area (Å²) in [5, 5.41) is 9.20. The molecule has 2 aliphatic heterocycles. The van der Waals surface area contributed by atoms with Crippen molar-refractivity contribution in [3.8, 4) is 5.75 Å². The Kier molecular flexibility index (Phi) is 7.00. The number of carbonyl (C=O) groups is 1. The lowest BCUT2D eigenvalue weighted by atomic mass is 9.87. The third kappa shape index (κ3) is 5.33. The van der Waals surface area contributed by atoms with Gasteiger partial charge in [0.1, 0.15) is 6.61 Å². The molecule has 13 heteroatoms. The Bertz CT molecular complexity index is 1120. The van der Waals surface area contributed by atoms with Crippen LogP contribution in [0, 0.1) is 0 Å². The van der Waals surface area contributed by atoms with Gasteiger partial charge in [0.05, 0.1) is 9.92 Å². The van der Waals surface area contributed by atoms with Crippen LogP contribution in [0.3, 0.4) is 0 Å². The van der Waals surface area contributed by atoms with E-state index in [-0.39, 0.29) is 10.8 Å². The van der Waals surface area contributed by atoms with E-state index in [4.69, 9.17) is 31.3 Å². The van der Waals surface area contributed by atoms with E-state index >= 15 is 0 Å². The maximum Gasteiger partial charge on any atom is 0.470 e. The second-order valence-electron chi connectivity index (χ2n) is 7.07. The molecular formula is C19H19ClF3N3O5S. The monoisotopic (exact) mass is 493 g/mol. The molecule has 1 atom stereocenters. The van der Waals surface area contributed by atoms with E-state index in [1.807, 2.05) is 0 Å². The molecular weight excluding hydrogens is 475 g/mol. The van der Waals surface area contributed by atoms with Crippen molar-refractivity contribution in [1.29, 1.82) is 0 Å². The number of amides is 1. The number of nitrogens with one attached hydrogen (secondary N) is 1. The number of hydrogen-bond acceptors (Lipinski definition) is 6. The summed E-state index contributed by atoms with van der Waals surface area (Å²) in [5.74, 6) is -1.60. The van der Waals surface area contributed by atoms with E-state index in [9.17, 15) is 21.6 Å². The number of alkyl halides is 3. The van der Waals surface area contributed by atoms with E-state index in [0.717, 1.165) is 41.8 Å². The summed E-state index contributed by atoms with van der Waals surface area (Å²) in [6.45, 7) is 1.91. The van der Waals surface area contributed by atoms with Gasteiger partial charge in [-0.3, -0.25) is 4.79 Å². The number of primary amides is 1. The molecule has 2 aliphatic rings. The molecule has 0 aromatic heterocycles. The summed E-state index contributed by atoms with van der Waals surface area (Å²) < 4.78 is 55.0. The number of benzene rings is 2. The van der Waals surface area contributed by atoms with Crippen LogP contribution in [0.1, 0.15) is 28.2 Å². The van der Waals surface area contributed by atoms with Gasteiger partial charge in [0.2, 0.25) is 10.0 Å². The smallest absolute Gasteiger partial charge is 0.362 e. The third-order valence-corrected chi connectivity index (χ3v) is 6.29. The molecule has 2 aromatic rings. The summed E-state index contributed by atoms with van der Waals surface area (Å²) >= 11 is 6.55. The highest BCUT2D eigenvalue weighted by Crippen LogP contribution is 2.43. The molecule has 0 spiro atoms. The van der Waals surface area contributed by atoms with Crippen LogP contribution in [0.4, 0.5) is 13.2 Å². The van der Waals surface area contributed by atoms with Crippen molar-refractivity contribution in [3.63, 3.8) is 0 Å². The number of carbonyl (C=O) groups excluding carboxylic acids is 1. The van der Waals surface area contributed by atoms with Crippen LogP contribution < -0.4 is 21.1 Å². The maximum atomic E-state index is 11.5. The second kappa shape index (κ2) is 9.24. The fraction of sp³-hybridized carbons (Fsp3) is 0.316. The van der Waals surface area contributed by atoms with Gasteiger partial charge < -0.3 is 15.9 Å². The van der Waals surface area contributed by atoms with Crippen LogP contribution in [-0.4, -0.2) is 33.6 Å². The fourth-order valence-electron chi connectivity index (χ4n) is 3.42. The minimum Gasteiger partial charge on any atom is -0.362 e. The largest absolute Gasteiger partial charge is 0.470 e. The molecule has 4 rings (SSSR count). The number of sulfonamides is 1. The normalized spacial score (nSPS) is 17.8. The molecule has 0 aliphatic carbocycles. The van der Waals surface area contributed by atoms with Crippen LogP contribution in [0.5, 0.6) is 5.75 Å². The zero-order valence-electron chi connectivity index (χ0n) is 16.4. The number of halogens is 4. The first-order valence-electron chi connectivity index (χ1n) is 9.23. The van der Waals surface area contributed by atoms with Gasteiger partial charge in [0.15, 0.2) is 5.75 Å². The zero-order chi connectivity index (χ0) is 23.7. The van der Waals surface area contributed by atoms with Crippen LogP contribution in [-0.2, 0) is 32.7 Å². The van der Waals surface area contributed by atoms with Crippen molar-refractivity contribution < 1.29 is 36.2 Å². The molecule has 174 valence electrons. The van der Waals surface area contributed by atoms with E-state index in [1.54, 1.807) is 12.1 Å². The first-order valence-corrected chi connectivity index (χ1v) is 11.2. The number of fused-ring (bicyclic) bond motifs is 2. The zero-order valence-corrected chi connectivity index (χ0v) is 18.0. The van der Waals surface area contributed by atoms with Gasteiger partial charge in [0, 0.05) is 18.0 Å². The van der Waals surface area contributed by atoms with Gasteiger partial charge >= 0.3 is 12.1 Å². The predicted octanol–water partition coefficient (Wildman–Crippen LogP) is 2.12. The van der Waals surface area contributed by atoms with Crippen LogP contribution >= 0.6 is 11.6 Å². The highest BCUT2D eigenvalue weighted by Gasteiger charge is 2.35. The lowest BCUT2D eigenvalue weighted by molar-refractivity contribution is -0.194. The summed E-state index contributed by atoms with van der Waals surface area (Å²) in [7, 11) is -3.70. The SMILES string of the molecule is NC(=O)C(F)(F)F.NS(=O)(=O)c1ccc(C2CNCCc3c2cc2c(c3Cl)OOC2)cc1. The Morgan fingerprint density at radius 2 is 1.84 bits per heavy atom. The van der Waals surface area contributed by atoms with Crippen molar-refractivity contribution >= 4 is 27.5 Å². The van der Waals surface area contributed by atoms with Gasteiger partial charge in [-0.2, -0.15) is 18.1 Å². The third-order valence-electron chi connectivity index (χ3n) is 4.96. The van der Waals surface area contributed by atoms with Gasteiger partial charge in [-0.1, -0.05) is 23.7 Å². The van der Waals surface area contributed by atoms with Crippen molar-refractivity contribution in [2.45, 2.75) is 30.0 Å². The first-order chi connectivity index (χ1) is 14.9. The van der Waals surface area contributed by atoms with Crippen LogP contribution in [0.25, 0.3) is 0 Å². The van der Waals surface area contributed by atoms with E-state index in [1.165, 1.54) is 12.1 Å². The Labute approximate surface area is 186 Å². The van der Waals surface area contributed by atoms with E-state index in [0.29, 0.717) is 17.4 Å². The number of primary sulfonamides is 1. The molecule has 32 heavy (non-hydrogen) atoms. The summed E-state index contributed by atoms with van der Waals surface area (Å²) in [6.07, 6.45) is -4.07. The highest BCUT2D eigenvalue weighted by atomic mass is 35.5. The van der Waals surface area contributed by atoms with Crippen LogP contribution in [0.2, 0.25) is 5.02 Å². The molecule has 0 saturated heterocycles. The molecule has 2 aromatic carbocycles. The van der Waals surface area contributed by atoms with Crippen molar-refractivity contribution in [1.82, 2.24) is 5.32 Å². The lowest BCUT2D eigenvalue weighted by Crippen LogP contribution is -2.30. The molecule has 0 bridgehead atoms. The molecule has 2 heterocycles. The Morgan fingerprint density at radius 3 is 2.41 bits per heavy atom. The summed E-state index contributed by atoms with van der Waals surface area (Å²) in [4.78, 5) is 19.5. The van der Waals surface area contributed by atoms with Gasteiger partial charge in [-0.05, 0) is 47.9 Å². The van der Waals surface area contributed by atoms with E-state index < -0.39 is 22.1 Å². The lowest BCUT2D eigenvalue weighted by Gasteiger charge is -2.20. The first kappa shape index (κ1) is 24.3. The van der Waals surface area contributed by atoms with Crippen molar-refractivity contribution in [3.05, 3.63) is 57.6 Å². The number of rotatable bonds is 2. The minimum atomic E-state index is -4.86. The predicted molar refractivity (Wildman–Crippen MR) is 108 cm³/mol. The van der Waals surface area contributed by atoms with E-state index in [2.05, 4.69) is 17.1 Å². The molecule has 1 unspecified atom stereocenters. The number of nitrogens with two attached hydrogens (primary N) is 2. The molecule has 0 saturated carbocycles. The standard InChI is InChI=1S/C17H17ClN2O4S.C2H2F3NO/c18-16-13-5-6-20-8-15(14(13)7-11-9-23-24-17(11)16)10-1-3-12(4-2-10)25(19,21)22;3-2(4,5)1(6)7/h1-4,7,15,20H,5-6,8-9H2,(H2,19,21,22);(H2,6,7). The Hall–Kier alpha value is -2.38. The fourth-order valence-corrected chi connectivity index (χ4v) is 4.29. The topological polar surface area (TPSA) is 134 Å². The van der Waals surface area contributed by atoms with Gasteiger partial charge in [-0.15, -0.1) is 0 Å². The highest BCUT2D eigenvalue weighted by molar-refractivity contribution is 7.89.